The van der Waals surface area contributed by atoms with Gasteiger partial charge in [-0.25, -0.2) is 4.79 Å². The van der Waals surface area contributed by atoms with E-state index < -0.39 is 0 Å². The van der Waals surface area contributed by atoms with Crippen LogP contribution in [-0.4, -0.2) is 37.2 Å². The third kappa shape index (κ3) is 3.61. The minimum Gasteiger partial charge on any atom is -0.445 e. The molecule has 0 unspecified atom stereocenters. The van der Waals surface area contributed by atoms with E-state index in [1.807, 2.05) is 30.3 Å². The zero-order valence-electron chi connectivity index (χ0n) is 14.3. The molecule has 0 aromatic heterocycles. The van der Waals surface area contributed by atoms with Crippen LogP contribution in [-0.2, 0) is 24.4 Å². The Morgan fingerprint density at radius 2 is 1.76 bits per heavy atom. The number of fused-ring (bicyclic) bond motifs is 1. The van der Waals surface area contributed by atoms with Gasteiger partial charge >= 0.3 is 6.09 Å². The Morgan fingerprint density at radius 3 is 2.56 bits per heavy atom. The first-order valence-electron chi connectivity index (χ1n) is 8.83. The molecule has 2 heterocycles. The van der Waals surface area contributed by atoms with Gasteiger partial charge in [0.25, 0.3) is 0 Å². The molecular weight excluding hydrogens is 314 g/mol. The number of amides is 1. The Labute approximate surface area is 148 Å². The molecule has 1 fully saturated rings. The van der Waals surface area contributed by atoms with Gasteiger partial charge in [-0.05, 0) is 28.8 Å². The van der Waals surface area contributed by atoms with E-state index in [0.29, 0.717) is 19.7 Å². The molecule has 2 aromatic carbocycles. The number of hydrogen-bond acceptors (Lipinski definition) is 4. The number of rotatable bonds is 3. The molecule has 2 aromatic rings. The Kier molecular flexibility index (Phi) is 4.57. The topological polar surface area (TPSA) is 44.8 Å². The number of benzene rings is 2. The summed E-state index contributed by atoms with van der Waals surface area (Å²) in [6.45, 7) is 5.68. The summed E-state index contributed by atoms with van der Waals surface area (Å²) in [5.74, 6) is 0. The van der Waals surface area contributed by atoms with E-state index in [1.165, 1.54) is 16.8 Å². The summed E-state index contributed by atoms with van der Waals surface area (Å²) in [6.07, 6.45) is -0.247. The zero-order chi connectivity index (χ0) is 17.1. The molecule has 130 valence electrons. The lowest BCUT2D eigenvalue weighted by Gasteiger charge is -2.29. The highest BCUT2D eigenvalue weighted by molar-refractivity contribution is 5.69. The second-order valence-corrected chi connectivity index (χ2v) is 6.59. The van der Waals surface area contributed by atoms with Gasteiger partial charge in [-0.15, -0.1) is 0 Å². The standard InChI is InChI=1S/C20H23N3O2/c24-20(25-15-16-4-2-1-3-5-16)23-13-17-6-7-19(12-18(17)14-23)22-10-8-21-9-11-22/h1-7,12,21H,8-11,13-15H2. The molecule has 2 aliphatic heterocycles. The molecule has 25 heavy (non-hydrogen) atoms. The molecular formula is C20H23N3O2. The van der Waals surface area contributed by atoms with Crippen LogP contribution in [0, 0.1) is 0 Å². The summed E-state index contributed by atoms with van der Waals surface area (Å²) in [7, 11) is 0. The molecule has 1 N–H and O–H groups in total. The summed E-state index contributed by atoms with van der Waals surface area (Å²) >= 11 is 0. The maximum atomic E-state index is 12.4. The number of nitrogens with one attached hydrogen (secondary N) is 1. The molecule has 5 nitrogen and oxygen atoms in total. The predicted molar refractivity (Wildman–Crippen MR) is 97.4 cm³/mol. The number of hydrogen-bond donors (Lipinski definition) is 1. The van der Waals surface area contributed by atoms with Gasteiger partial charge in [0.2, 0.25) is 0 Å². The molecule has 0 radical (unpaired) electrons. The second-order valence-electron chi connectivity index (χ2n) is 6.59. The Morgan fingerprint density at radius 1 is 1.00 bits per heavy atom. The zero-order valence-corrected chi connectivity index (χ0v) is 14.3. The van der Waals surface area contributed by atoms with Crippen LogP contribution >= 0.6 is 0 Å². The lowest BCUT2D eigenvalue weighted by Crippen LogP contribution is -2.43. The second kappa shape index (κ2) is 7.15. The maximum Gasteiger partial charge on any atom is 0.410 e. The van der Waals surface area contributed by atoms with Crippen molar-refractivity contribution in [1.82, 2.24) is 10.2 Å². The first-order chi connectivity index (χ1) is 12.3. The van der Waals surface area contributed by atoms with Crippen LogP contribution in [0.5, 0.6) is 0 Å². The van der Waals surface area contributed by atoms with Gasteiger partial charge in [-0.2, -0.15) is 0 Å². The normalized spacial score (nSPS) is 16.6. The Hall–Kier alpha value is -2.53. The SMILES string of the molecule is O=C(OCc1ccccc1)N1Cc2ccc(N3CCNCC3)cc2C1. The Balaban J connectivity index is 1.38. The van der Waals surface area contributed by atoms with Gasteiger partial charge in [0, 0.05) is 45.0 Å². The average molecular weight is 337 g/mol. The van der Waals surface area contributed by atoms with Crippen molar-refractivity contribution in [2.75, 3.05) is 31.1 Å². The summed E-state index contributed by atoms with van der Waals surface area (Å²) in [4.78, 5) is 16.5. The number of carbonyl (C=O) groups is 1. The largest absolute Gasteiger partial charge is 0.445 e. The fourth-order valence-corrected chi connectivity index (χ4v) is 3.44. The lowest BCUT2D eigenvalue weighted by atomic mass is 10.1. The third-order valence-electron chi connectivity index (χ3n) is 4.86. The van der Waals surface area contributed by atoms with E-state index in [2.05, 4.69) is 28.4 Å². The number of carbonyl (C=O) groups excluding carboxylic acids is 1. The molecule has 5 heteroatoms. The number of anilines is 1. The molecule has 1 saturated heterocycles. The monoisotopic (exact) mass is 337 g/mol. The van der Waals surface area contributed by atoms with Crippen molar-refractivity contribution < 1.29 is 9.53 Å². The first-order valence-corrected chi connectivity index (χ1v) is 8.83. The lowest BCUT2D eigenvalue weighted by molar-refractivity contribution is 0.0955. The smallest absolute Gasteiger partial charge is 0.410 e. The van der Waals surface area contributed by atoms with Gasteiger partial charge in [0.15, 0.2) is 0 Å². The number of nitrogens with zero attached hydrogens (tertiary/aromatic N) is 2. The van der Waals surface area contributed by atoms with Crippen molar-refractivity contribution in [3.8, 4) is 0 Å². The fourth-order valence-electron chi connectivity index (χ4n) is 3.44. The van der Waals surface area contributed by atoms with Crippen LogP contribution in [0.15, 0.2) is 48.5 Å². The van der Waals surface area contributed by atoms with Gasteiger partial charge in [-0.3, -0.25) is 4.90 Å². The summed E-state index contributed by atoms with van der Waals surface area (Å²) in [5.41, 5.74) is 4.71. The van der Waals surface area contributed by atoms with Gasteiger partial charge in [0.1, 0.15) is 6.61 Å². The summed E-state index contributed by atoms with van der Waals surface area (Å²) in [6, 6.07) is 16.3. The van der Waals surface area contributed by atoms with Crippen molar-refractivity contribution in [2.45, 2.75) is 19.7 Å². The van der Waals surface area contributed by atoms with Crippen LogP contribution < -0.4 is 10.2 Å². The predicted octanol–water partition coefficient (Wildman–Crippen LogP) is 2.75. The molecule has 0 aliphatic carbocycles. The minimum atomic E-state index is -0.247. The molecule has 2 aliphatic rings. The van der Waals surface area contributed by atoms with E-state index in [0.717, 1.165) is 31.7 Å². The number of piperazine rings is 1. The molecule has 0 bridgehead atoms. The maximum absolute atomic E-state index is 12.4. The van der Waals surface area contributed by atoms with E-state index in [9.17, 15) is 4.79 Å². The first kappa shape index (κ1) is 16.0. The van der Waals surface area contributed by atoms with Gasteiger partial charge in [0.05, 0.1) is 0 Å². The quantitative estimate of drug-likeness (QED) is 0.935. The Bertz CT molecular complexity index is 742. The molecule has 1 amide bonds. The molecule has 0 atom stereocenters. The van der Waals surface area contributed by atoms with E-state index in [4.69, 9.17) is 4.74 Å². The number of ether oxygens (including phenoxy) is 1. The van der Waals surface area contributed by atoms with Crippen LogP contribution in [0.1, 0.15) is 16.7 Å². The van der Waals surface area contributed by atoms with Crippen molar-refractivity contribution in [1.29, 1.82) is 0 Å². The van der Waals surface area contributed by atoms with E-state index in [1.54, 1.807) is 4.90 Å². The minimum absolute atomic E-state index is 0.247. The van der Waals surface area contributed by atoms with E-state index in [-0.39, 0.29) is 6.09 Å². The summed E-state index contributed by atoms with van der Waals surface area (Å²) in [5, 5.41) is 3.38. The van der Waals surface area contributed by atoms with Crippen LogP contribution in [0.25, 0.3) is 0 Å². The van der Waals surface area contributed by atoms with Crippen molar-refractivity contribution in [3.63, 3.8) is 0 Å². The molecule has 4 rings (SSSR count). The van der Waals surface area contributed by atoms with Crippen LogP contribution in [0.3, 0.4) is 0 Å². The van der Waals surface area contributed by atoms with Gasteiger partial charge < -0.3 is 15.0 Å². The third-order valence-corrected chi connectivity index (χ3v) is 4.86. The average Bonchev–Trinajstić information content (AvgIpc) is 3.11. The summed E-state index contributed by atoms with van der Waals surface area (Å²) < 4.78 is 5.46. The fraction of sp³-hybridized carbons (Fsp3) is 0.350. The highest BCUT2D eigenvalue weighted by atomic mass is 16.6. The van der Waals surface area contributed by atoms with Gasteiger partial charge in [-0.1, -0.05) is 36.4 Å². The van der Waals surface area contributed by atoms with Crippen molar-refractivity contribution in [3.05, 3.63) is 65.2 Å². The molecule has 0 saturated carbocycles. The molecule has 0 spiro atoms. The van der Waals surface area contributed by atoms with Crippen LogP contribution in [0.4, 0.5) is 10.5 Å². The highest BCUT2D eigenvalue weighted by Gasteiger charge is 2.25. The van der Waals surface area contributed by atoms with E-state index >= 15 is 0 Å². The highest BCUT2D eigenvalue weighted by Crippen LogP contribution is 2.28. The van der Waals surface area contributed by atoms with Crippen molar-refractivity contribution >= 4 is 11.8 Å². The van der Waals surface area contributed by atoms with Crippen molar-refractivity contribution in [2.24, 2.45) is 0 Å². The van der Waals surface area contributed by atoms with Crippen LogP contribution in [0.2, 0.25) is 0 Å².